The maximum Gasteiger partial charge on any atom is 0.258 e. The highest BCUT2D eigenvalue weighted by molar-refractivity contribution is 6.01. The summed E-state index contributed by atoms with van der Waals surface area (Å²) >= 11 is 0. The number of aromatic nitrogens is 2. The predicted octanol–water partition coefficient (Wildman–Crippen LogP) is 4.23. The van der Waals surface area contributed by atoms with Gasteiger partial charge in [0.05, 0.1) is 24.7 Å². The molecule has 0 unspecified atom stereocenters. The minimum atomic E-state index is -0.288. The average molecular weight is 370 g/mol. The molecule has 0 fully saturated rings. The molecule has 2 aromatic carbocycles. The van der Waals surface area contributed by atoms with Crippen LogP contribution in [0.25, 0.3) is 5.69 Å². The van der Waals surface area contributed by atoms with Crippen LogP contribution in [0.1, 0.15) is 27.8 Å². The summed E-state index contributed by atoms with van der Waals surface area (Å²) in [7, 11) is 0. The molecule has 1 atom stereocenters. The van der Waals surface area contributed by atoms with Crippen molar-refractivity contribution in [2.24, 2.45) is 0 Å². The van der Waals surface area contributed by atoms with Crippen molar-refractivity contribution < 1.29 is 9.21 Å². The lowest BCUT2D eigenvalue weighted by atomic mass is 10.0. The summed E-state index contributed by atoms with van der Waals surface area (Å²) in [5, 5.41) is 3.50. The zero-order valence-electron chi connectivity index (χ0n) is 15.0. The van der Waals surface area contributed by atoms with Gasteiger partial charge >= 0.3 is 0 Å². The summed E-state index contributed by atoms with van der Waals surface area (Å²) in [6, 6.07) is 19.4. The highest BCUT2D eigenvalue weighted by atomic mass is 16.3. The Balaban J connectivity index is 1.52. The summed E-state index contributed by atoms with van der Waals surface area (Å²) in [6.07, 6.45) is 6.75. The van der Waals surface area contributed by atoms with E-state index in [1.165, 1.54) is 0 Å². The van der Waals surface area contributed by atoms with Crippen LogP contribution in [0.3, 0.4) is 0 Å². The standard InChI is InChI=1S/C22H18N4O2/c27-22-19-5-1-2-6-20(19)24-21(26(22)14-18-4-3-13-28-18)16-7-9-17(10-8-16)25-12-11-23-15-25/h1-13,15,21,24H,14H2/t21-/m0/s1. The Morgan fingerprint density at radius 1 is 1.04 bits per heavy atom. The molecule has 0 aliphatic carbocycles. The normalized spacial score (nSPS) is 15.9. The number of furan rings is 1. The number of imidazole rings is 1. The van der Waals surface area contributed by atoms with Crippen LogP contribution < -0.4 is 5.32 Å². The van der Waals surface area contributed by atoms with Gasteiger partial charge in [-0.2, -0.15) is 0 Å². The molecular weight excluding hydrogens is 352 g/mol. The van der Waals surface area contributed by atoms with Gasteiger partial charge in [-0.15, -0.1) is 0 Å². The Bertz CT molecular complexity index is 1090. The van der Waals surface area contributed by atoms with E-state index >= 15 is 0 Å². The van der Waals surface area contributed by atoms with Gasteiger partial charge in [0.1, 0.15) is 11.9 Å². The second-order valence-electron chi connectivity index (χ2n) is 6.67. The van der Waals surface area contributed by atoms with Crippen molar-refractivity contribution in [1.29, 1.82) is 0 Å². The number of hydrogen-bond donors (Lipinski definition) is 1. The first-order chi connectivity index (χ1) is 13.8. The van der Waals surface area contributed by atoms with Crippen LogP contribution in [0.2, 0.25) is 0 Å². The van der Waals surface area contributed by atoms with E-state index in [1.54, 1.807) is 23.7 Å². The average Bonchev–Trinajstić information content (AvgIpc) is 3.44. The molecule has 0 bridgehead atoms. The largest absolute Gasteiger partial charge is 0.467 e. The Hall–Kier alpha value is -3.80. The van der Waals surface area contributed by atoms with Gasteiger partial charge in [0.15, 0.2) is 0 Å². The van der Waals surface area contributed by atoms with E-state index in [9.17, 15) is 4.79 Å². The zero-order chi connectivity index (χ0) is 18.9. The summed E-state index contributed by atoms with van der Waals surface area (Å²) in [5.74, 6) is 0.726. The molecule has 2 aromatic heterocycles. The summed E-state index contributed by atoms with van der Waals surface area (Å²) in [5.41, 5.74) is 3.52. The number of rotatable bonds is 4. The molecule has 28 heavy (non-hydrogen) atoms. The third-order valence-electron chi connectivity index (χ3n) is 4.94. The lowest BCUT2D eigenvalue weighted by Gasteiger charge is -2.37. The molecule has 6 heteroatoms. The van der Waals surface area contributed by atoms with Gasteiger partial charge < -0.3 is 19.2 Å². The molecule has 1 aliphatic heterocycles. The smallest absolute Gasteiger partial charge is 0.258 e. The Morgan fingerprint density at radius 2 is 1.89 bits per heavy atom. The summed E-state index contributed by atoms with van der Waals surface area (Å²) < 4.78 is 7.44. The van der Waals surface area contributed by atoms with Crippen molar-refractivity contribution in [3.63, 3.8) is 0 Å². The van der Waals surface area contributed by atoms with Gasteiger partial charge in [-0.1, -0.05) is 24.3 Å². The number of anilines is 1. The van der Waals surface area contributed by atoms with Crippen molar-refractivity contribution >= 4 is 11.6 Å². The maximum absolute atomic E-state index is 13.2. The Kier molecular flexibility index (Phi) is 3.94. The topological polar surface area (TPSA) is 63.3 Å². The second kappa shape index (κ2) is 6.74. The molecule has 0 spiro atoms. The van der Waals surface area contributed by atoms with E-state index in [0.717, 1.165) is 22.7 Å². The number of amides is 1. The third kappa shape index (κ3) is 2.85. The molecule has 1 amide bonds. The second-order valence-corrected chi connectivity index (χ2v) is 6.67. The first-order valence-corrected chi connectivity index (χ1v) is 9.07. The van der Waals surface area contributed by atoms with E-state index in [-0.39, 0.29) is 12.1 Å². The molecule has 5 rings (SSSR count). The van der Waals surface area contributed by atoms with Crippen LogP contribution in [0.5, 0.6) is 0 Å². The minimum absolute atomic E-state index is 0.0190. The van der Waals surface area contributed by atoms with E-state index in [4.69, 9.17) is 4.42 Å². The number of nitrogens with one attached hydrogen (secondary N) is 1. The molecule has 4 aromatic rings. The Morgan fingerprint density at radius 3 is 2.64 bits per heavy atom. The monoisotopic (exact) mass is 370 g/mol. The van der Waals surface area contributed by atoms with Crippen LogP contribution in [0, 0.1) is 0 Å². The molecule has 138 valence electrons. The van der Waals surface area contributed by atoms with E-state index < -0.39 is 0 Å². The van der Waals surface area contributed by atoms with Crippen LogP contribution in [0.4, 0.5) is 5.69 Å². The van der Waals surface area contributed by atoms with Crippen molar-refractivity contribution in [3.8, 4) is 5.69 Å². The third-order valence-corrected chi connectivity index (χ3v) is 4.94. The first-order valence-electron chi connectivity index (χ1n) is 9.07. The molecule has 0 saturated carbocycles. The van der Waals surface area contributed by atoms with Gasteiger partial charge in [0.25, 0.3) is 5.91 Å². The van der Waals surface area contributed by atoms with Crippen LogP contribution in [-0.2, 0) is 6.54 Å². The molecule has 0 saturated heterocycles. The number of carbonyl (C=O) groups is 1. The molecule has 1 N–H and O–H groups in total. The van der Waals surface area contributed by atoms with Crippen LogP contribution in [-0.4, -0.2) is 20.4 Å². The van der Waals surface area contributed by atoms with Gasteiger partial charge in [-0.05, 0) is 42.0 Å². The van der Waals surface area contributed by atoms with Crippen molar-refractivity contribution in [2.45, 2.75) is 12.7 Å². The lowest BCUT2D eigenvalue weighted by molar-refractivity contribution is 0.0651. The number of hydrogen-bond acceptors (Lipinski definition) is 4. The summed E-state index contributed by atoms with van der Waals surface area (Å²) in [4.78, 5) is 19.1. The van der Waals surface area contributed by atoms with E-state index in [2.05, 4.69) is 10.3 Å². The van der Waals surface area contributed by atoms with Crippen molar-refractivity contribution in [2.75, 3.05) is 5.32 Å². The summed E-state index contributed by atoms with van der Waals surface area (Å²) in [6.45, 7) is 0.390. The van der Waals surface area contributed by atoms with Gasteiger partial charge in [0, 0.05) is 23.8 Å². The minimum Gasteiger partial charge on any atom is -0.467 e. The molecule has 1 aliphatic rings. The van der Waals surface area contributed by atoms with Gasteiger partial charge in [-0.3, -0.25) is 4.79 Å². The fourth-order valence-electron chi connectivity index (χ4n) is 3.53. The van der Waals surface area contributed by atoms with Crippen LogP contribution >= 0.6 is 0 Å². The molecular formula is C22H18N4O2. The predicted molar refractivity (Wildman–Crippen MR) is 105 cm³/mol. The zero-order valence-corrected chi connectivity index (χ0v) is 15.0. The lowest BCUT2D eigenvalue weighted by Crippen LogP contribution is -2.42. The van der Waals surface area contributed by atoms with Crippen LogP contribution in [0.15, 0.2) is 90.1 Å². The van der Waals surface area contributed by atoms with Crippen molar-refractivity contribution in [3.05, 3.63) is 103 Å². The fraction of sp³-hybridized carbons (Fsp3) is 0.0909. The molecule has 0 radical (unpaired) electrons. The highest BCUT2D eigenvalue weighted by Crippen LogP contribution is 2.34. The van der Waals surface area contributed by atoms with Gasteiger partial charge in [-0.25, -0.2) is 4.98 Å². The van der Waals surface area contributed by atoms with Crippen molar-refractivity contribution in [1.82, 2.24) is 14.5 Å². The maximum atomic E-state index is 13.2. The fourth-order valence-corrected chi connectivity index (χ4v) is 3.53. The first kappa shape index (κ1) is 16.4. The number of nitrogens with zero attached hydrogens (tertiary/aromatic N) is 3. The molecule has 3 heterocycles. The quantitative estimate of drug-likeness (QED) is 0.584. The number of para-hydroxylation sites is 1. The number of fused-ring (bicyclic) bond motifs is 1. The van der Waals surface area contributed by atoms with E-state index in [0.29, 0.717) is 12.1 Å². The van der Waals surface area contributed by atoms with Gasteiger partial charge in [0.2, 0.25) is 0 Å². The highest BCUT2D eigenvalue weighted by Gasteiger charge is 2.33. The Labute approximate surface area is 162 Å². The SMILES string of the molecule is O=C1c2ccccc2N[C@H](c2ccc(-n3ccnc3)cc2)N1Cc1ccco1. The molecule has 6 nitrogen and oxygen atoms in total. The van der Waals surface area contributed by atoms with E-state index in [1.807, 2.05) is 71.4 Å². The number of benzene rings is 2. The number of carbonyl (C=O) groups excluding carboxylic acids is 1.